The summed E-state index contributed by atoms with van der Waals surface area (Å²) in [5, 5.41) is 5.25. The second-order valence-electron chi connectivity index (χ2n) is 7.13. The highest BCUT2D eigenvalue weighted by molar-refractivity contribution is 7.86. The van der Waals surface area contributed by atoms with Gasteiger partial charge in [0.2, 0.25) is 0 Å². The number of amides is 2. The maximum Gasteiger partial charge on any atom is 0.323 e. The molecule has 30 heavy (non-hydrogen) atoms. The summed E-state index contributed by atoms with van der Waals surface area (Å²) in [5.41, 5.74) is 1.55. The summed E-state index contributed by atoms with van der Waals surface area (Å²) in [6.07, 6.45) is 3.10. The van der Waals surface area contributed by atoms with Crippen molar-refractivity contribution in [1.82, 2.24) is 18.5 Å². The van der Waals surface area contributed by atoms with E-state index >= 15 is 0 Å². The van der Waals surface area contributed by atoms with Crippen molar-refractivity contribution in [3.63, 3.8) is 0 Å². The summed E-state index contributed by atoms with van der Waals surface area (Å²) in [5.74, 6) is -0.460. The minimum atomic E-state index is -3.43. The zero-order valence-corrected chi connectivity index (χ0v) is 17.7. The van der Waals surface area contributed by atoms with Crippen LogP contribution in [0.15, 0.2) is 42.7 Å². The molecule has 3 rings (SSSR count). The van der Waals surface area contributed by atoms with Crippen molar-refractivity contribution in [2.24, 2.45) is 0 Å². The van der Waals surface area contributed by atoms with Crippen molar-refractivity contribution >= 4 is 27.6 Å². The number of rotatable bonds is 6. The average molecular weight is 437 g/mol. The van der Waals surface area contributed by atoms with Crippen LogP contribution >= 0.6 is 0 Å². The van der Waals surface area contributed by atoms with Gasteiger partial charge in [-0.1, -0.05) is 0 Å². The summed E-state index contributed by atoms with van der Waals surface area (Å²) in [4.78, 5) is 18.1. The molecule has 0 unspecified atom stereocenters. The van der Waals surface area contributed by atoms with E-state index in [0.29, 0.717) is 49.7 Å². The number of carbonyl (C=O) groups excluding carboxylic acids is 1. The fourth-order valence-corrected chi connectivity index (χ4v) is 4.24. The molecule has 0 atom stereocenters. The Morgan fingerprint density at radius 3 is 2.47 bits per heavy atom. The second-order valence-corrected chi connectivity index (χ2v) is 9.28. The molecular formula is C19H25FN6O3S. The largest absolute Gasteiger partial charge is 0.323 e. The predicted molar refractivity (Wildman–Crippen MR) is 113 cm³/mol. The minimum Gasteiger partial charge on any atom is -0.308 e. The first-order chi connectivity index (χ1) is 14.2. The van der Waals surface area contributed by atoms with Crippen LogP contribution in [0.1, 0.15) is 5.56 Å². The lowest BCUT2D eigenvalue weighted by Gasteiger charge is -2.35. The van der Waals surface area contributed by atoms with E-state index in [0.717, 1.165) is 0 Å². The fraction of sp³-hybridized carbons (Fsp3) is 0.368. The van der Waals surface area contributed by atoms with Crippen LogP contribution in [-0.4, -0.2) is 73.2 Å². The third-order valence-corrected chi connectivity index (χ3v) is 6.60. The predicted octanol–water partition coefficient (Wildman–Crippen LogP) is 1.79. The first-order valence-corrected chi connectivity index (χ1v) is 10.8. The van der Waals surface area contributed by atoms with Crippen molar-refractivity contribution < 1.29 is 17.6 Å². The van der Waals surface area contributed by atoms with Gasteiger partial charge in [0.25, 0.3) is 10.2 Å². The van der Waals surface area contributed by atoms with Gasteiger partial charge in [-0.3, -0.25) is 9.88 Å². The lowest BCUT2D eigenvalue weighted by molar-refractivity contribution is 0.177. The molecule has 0 radical (unpaired) electrons. The van der Waals surface area contributed by atoms with Crippen LogP contribution in [0.25, 0.3) is 0 Å². The lowest BCUT2D eigenvalue weighted by Crippen LogP contribution is -2.51. The number of aromatic nitrogens is 1. The number of nitrogens with one attached hydrogen (secondary N) is 2. The van der Waals surface area contributed by atoms with E-state index in [4.69, 9.17) is 0 Å². The Morgan fingerprint density at radius 1 is 1.13 bits per heavy atom. The maximum atomic E-state index is 14.1. The molecule has 1 saturated heterocycles. The van der Waals surface area contributed by atoms with Gasteiger partial charge in [-0.2, -0.15) is 17.0 Å². The quantitative estimate of drug-likeness (QED) is 0.720. The zero-order valence-electron chi connectivity index (χ0n) is 16.9. The van der Waals surface area contributed by atoms with E-state index < -0.39 is 22.1 Å². The second kappa shape index (κ2) is 9.47. The molecule has 1 aliphatic heterocycles. The SMILES string of the molecule is CN(C)S(=O)(=O)N1CCN(Cc2cc(F)cc(NC(=O)Nc3cccnc3)c2)CC1. The highest BCUT2D eigenvalue weighted by Crippen LogP contribution is 2.18. The first kappa shape index (κ1) is 22.1. The van der Waals surface area contributed by atoms with E-state index in [1.54, 1.807) is 24.4 Å². The average Bonchev–Trinajstić information content (AvgIpc) is 2.68. The van der Waals surface area contributed by atoms with E-state index in [-0.39, 0.29) is 0 Å². The number of anilines is 2. The molecule has 1 aliphatic rings. The van der Waals surface area contributed by atoms with Gasteiger partial charge in [0.15, 0.2) is 0 Å². The summed E-state index contributed by atoms with van der Waals surface area (Å²) in [7, 11) is -0.413. The number of hydrogen-bond acceptors (Lipinski definition) is 5. The van der Waals surface area contributed by atoms with Gasteiger partial charge in [0.1, 0.15) is 5.82 Å². The number of hydrogen-bond donors (Lipinski definition) is 2. The number of urea groups is 1. The van der Waals surface area contributed by atoms with E-state index in [1.807, 2.05) is 0 Å². The number of pyridine rings is 1. The molecule has 1 fully saturated rings. The number of carbonyl (C=O) groups is 1. The van der Waals surface area contributed by atoms with Crippen LogP contribution in [0.2, 0.25) is 0 Å². The normalized spacial score (nSPS) is 15.9. The smallest absolute Gasteiger partial charge is 0.308 e. The molecular weight excluding hydrogens is 411 g/mol. The fourth-order valence-electron chi connectivity index (χ4n) is 3.15. The molecule has 0 spiro atoms. The van der Waals surface area contributed by atoms with Crippen LogP contribution in [-0.2, 0) is 16.8 Å². The molecule has 162 valence electrons. The molecule has 0 bridgehead atoms. The number of benzene rings is 1. The van der Waals surface area contributed by atoms with Crippen molar-refractivity contribution in [3.8, 4) is 0 Å². The van der Waals surface area contributed by atoms with Gasteiger partial charge in [-0.25, -0.2) is 9.18 Å². The molecule has 2 heterocycles. The molecule has 2 N–H and O–H groups in total. The van der Waals surface area contributed by atoms with Gasteiger partial charge < -0.3 is 10.6 Å². The van der Waals surface area contributed by atoms with Crippen LogP contribution in [0.3, 0.4) is 0 Å². The van der Waals surface area contributed by atoms with Gasteiger partial charge in [0.05, 0.1) is 11.9 Å². The molecule has 2 aromatic rings. The Labute approximate surface area is 175 Å². The van der Waals surface area contributed by atoms with E-state index in [9.17, 15) is 17.6 Å². The number of nitrogens with zero attached hydrogens (tertiary/aromatic N) is 4. The van der Waals surface area contributed by atoms with Crippen LogP contribution in [0, 0.1) is 5.82 Å². The Bertz CT molecular complexity index is 979. The van der Waals surface area contributed by atoms with Gasteiger partial charge in [0, 0.05) is 58.7 Å². The summed E-state index contributed by atoms with van der Waals surface area (Å²) < 4.78 is 41.1. The van der Waals surface area contributed by atoms with Crippen LogP contribution < -0.4 is 10.6 Å². The van der Waals surface area contributed by atoms with Crippen molar-refractivity contribution in [1.29, 1.82) is 0 Å². The molecule has 0 aliphatic carbocycles. The van der Waals surface area contributed by atoms with Crippen LogP contribution in [0.4, 0.5) is 20.6 Å². The first-order valence-electron chi connectivity index (χ1n) is 9.41. The van der Waals surface area contributed by atoms with Gasteiger partial charge in [-0.05, 0) is 35.9 Å². The van der Waals surface area contributed by atoms with Gasteiger partial charge in [-0.15, -0.1) is 0 Å². The van der Waals surface area contributed by atoms with Crippen LogP contribution in [0.5, 0.6) is 0 Å². The molecule has 11 heteroatoms. The highest BCUT2D eigenvalue weighted by Gasteiger charge is 2.28. The molecule has 1 aromatic heterocycles. The topological polar surface area (TPSA) is 97.9 Å². The Hall–Kier alpha value is -2.60. The van der Waals surface area contributed by atoms with Crippen molar-refractivity contribution in [2.75, 3.05) is 50.9 Å². The van der Waals surface area contributed by atoms with Gasteiger partial charge >= 0.3 is 6.03 Å². The summed E-state index contributed by atoms with van der Waals surface area (Å²) >= 11 is 0. The maximum absolute atomic E-state index is 14.1. The third-order valence-electron chi connectivity index (χ3n) is 4.66. The molecule has 9 nitrogen and oxygen atoms in total. The highest BCUT2D eigenvalue weighted by atomic mass is 32.2. The number of halogens is 1. The Kier molecular flexibility index (Phi) is 6.98. The zero-order chi connectivity index (χ0) is 21.7. The summed E-state index contributed by atoms with van der Waals surface area (Å²) in [6, 6.07) is 7.25. The standard InChI is InChI=1S/C19H25FN6O3S/c1-24(2)30(28,29)26-8-6-25(7-9-26)14-15-10-16(20)12-18(11-15)23-19(27)22-17-4-3-5-21-13-17/h3-5,10-13H,6-9,14H2,1-2H3,(H2,22,23,27). The van der Waals surface area contributed by atoms with Crippen molar-refractivity contribution in [2.45, 2.75) is 6.54 Å². The molecule has 0 saturated carbocycles. The Morgan fingerprint density at radius 2 is 1.83 bits per heavy atom. The Balaban J connectivity index is 1.59. The minimum absolute atomic E-state index is 0.334. The lowest BCUT2D eigenvalue weighted by atomic mass is 10.1. The third kappa shape index (κ3) is 5.72. The van der Waals surface area contributed by atoms with E-state index in [2.05, 4.69) is 20.5 Å². The number of piperazine rings is 1. The monoisotopic (exact) mass is 436 g/mol. The molecule has 1 aromatic carbocycles. The van der Waals surface area contributed by atoms with E-state index in [1.165, 1.54) is 41.0 Å². The molecule has 2 amide bonds. The van der Waals surface area contributed by atoms with Crippen molar-refractivity contribution in [3.05, 3.63) is 54.1 Å². The summed E-state index contributed by atoms with van der Waals surface area (Å²) in [6.45, 7) is 2.26.